The Hall–Kier alpha value is -2.77. The maximum absolute atomic E-state index is 6.04. The van der Waals surface area contributed by atoms with Crippen LogP contribution in [0.2, 0.25) is 0 Å². The Kier molecular flexibility index (Phi) is 5.64. The van der Waals surface area contributed by atoms with Gasteiger partial charge in [0.05, 0.1) is 12.2 Å². The van der Waals surface area contributed by atoms with Gasteiger partial charge in [-0.15, -0.1) is 0 Å². The van der Waals surface area contributed by atoms with Crippen LogP contribution in [0.3, 0.4) is 0 Å². The average molecular weight is 379 g/mol. The molecule has 1 aromatic carbocycles. The van der Waals surface area contributed by atoms with E-state index in [9.17, 15) is 0 Å². The lowest BCUT2D eigenvalue weighted by Crippen LogP contribution is -2.46. The Bertz CT molecular complexity index is 891. The van der Waals surface area contributed by atoms with E-state index in [4.69, 9.17) is 9.26 Å². The van der Waals surface area contributed by atoms with E-state index in [1.165, 1.54) is 5.56 Å². The van der Waals surface area contributed by atoms with Crippen molar-refractivity contribution >= 4 is 0 Å². The van der Waals surface area contributed by atoms with Crippen molar-refractivity contribution in [2.45, 2.75) is 26.4 Å². The number of hydrogen-bond acceptors (Lipinski definition) is 7. The summed E-state index contributed by atoms with van der Waals surface area (Å²) in [4.78, 5) is 13.3. The highest BCUT2D eigenvalue weighted by Crippen LogP contribution is 2.27. The molecule has 0 radical (unpaired) electrons. The molecule has 2 aromatic heterocycles. The largest absolute Gasteiger partial charge is 0.455 e. The zero-order chi connectivity index (χ0) is 19.3. The number of para-hydroxylation sites is 1. The number of benzene rings is 1. The Balaban J connectivity index is 1.36. The monoisotopic (exact) mass is 379 g/mol. The molecule has 1 saturated heterocycles. The smallest absolute Gasteiger partial charge is 0.243 e. The summed E-state index contributed by atoms with van der Waals surface area (Å²) in [5.41, 5.74) is 1.18. The van der Waals surface area contributed by atoms with Crippen molar-refractivity contribution in [1.82, 2.24) is 24.9 Å². The van der Waals surface area contributed by atoms with Crippen LogP contribution < -0.4 is 4.74 Å². The van der Waals surface area contributed by atoms with Crippen LogP contribution in [-0.2, 0) is 6.54 Å². The summed E-state index contributed by atoms with van der Waals surface area (Å²) in [6.07, 6.45) is 3.48. The molecule has 146 valence electrons. The summed E-state index contributed by atoms with van der Waals surface area (Å²) in [5.74, 6) is 3.02. The van der Waals surface area contributed by atoms with Gasteiger partial charge >= 0.3 is 0 Å². The molecular formula is C21H25N5O2. The topological polar surface area (TPSA) is 67.5 Å². The number of aryl methyl sites for hydroxylation is 1. The average Bonchev–Trinajstić information content (AvgIpc) is 3.17. The Morgan fingerprint density at radius 1 is 1.11 bits per heavy atom. The number of nitrogens with zero attached hydrogens (tertiary/aromatic N) is 5. The van der Waals surface area contributed by atoms with Crippen LogP contribution in [0.5, 0.6) is 11.5 Å². The van der Waals surface area contributed by atoms with Gasteiger partial charge in [0.2, 0.25) is 5.89 Å². The third-order valence-corrected chi connectivity index (χ3v) is 5.08. The number of hydrogen-bond donors (Lipinski definition) is 0. The number of ether oxygens (including phenoxy) is 1. The fourth-order valence-electron chi connectivity index (χ4n) is 3.46. The molecule has 0 amide bonds. The lowest BCUT2D eigenvalue weighted by atomic mass is 10.1. The first-order valence-electron chi connectivity index (χ1n) is 9.61. The maximum Gasteiger partial charge on any atom is 0.243 e. The van der Waals surface area contributed by atoms with Crippen molar-refractivity contribution in [1.29, 1.82) is 0 Å². The van der Waals surface area contributed by atoms with E-state index < -0.39 is 0 Å². The third kappa shape index (κ3) is 4.37. The molecule has 3 heterocycles. The second-order valence-corrected chi connectivity index (χ2v) is 7.07. The van der Waals surface area contributed by atoms with Crippen molar-refractivity contribution in [3.05, 3.63) is 66.1 Å². The quantitative estimate of drug-likeness (QED) is 0.650. The normalized spacial score (nSPS) is 16.8. The predicted octanol–water partition coefficient (Wildman–Crippen LogP) is 3.44. The van der Waals surface area contributed by atoms with Crippen LogP contribution in [-0.4, -0.2) is 51.1 Å². The van der Waals surface area contributed by atoms with Crippen molar-refractivity contribution in [3.8, 4) is 11.5 Å². The van der Waals surface area contributed by atoms with Crippen LogP contribution in [0.25, 0.3) is 0 Å². The Morgan fingerprint density at radius 3 is 2.64 bits per heavy atom. The number of aromatic nitrogens is 3. The van der Waals surface area contributed by atoms with Gasteiger partial charge in [-0.05, 0) is 32.0 Å². The fraction of sp³-hybridized carbons (Fsp3) is 0.381. The summed E-state index contributed by atoms with van der Waals surface area (Å²) < 4.78 is 11.4. The van der Waals surface area contributed by atoms with E-state index in [0.29, 0.717) is 11.7 Å². The highest BCUT2D eigenvalue weighted by atomic mass is 16.5. The first kappa shape index (κ1) is 18.6. The minimum Gasteiger partial charge on any atom is -0.455 e. The molecule has 0 saturated carbocycles. The van der Waals surface area contributed by atoms with E-state index in [-0.39, 0.29) is 6.04 Å². The van der Waals surface area contributed by atoms with E-state index in [2.05, 4.69) is 44.0 Å². The van der Waals surface area contributed by atoms with Gasteiger partial charge in [0.15, 0.2) is 5.82 Å². The zero-order valence-corrected chi connectivity index (χ0v) is 16.3. The number of pyridine rings is 1. The van der Waals surface area contributed by atoms with E-state index in [0.717, 1.165) is 44.2 Å². The molecule has 28 heavy (non-hydrogen) atoms. The van der Waals surface area contributed by atoms with Gasteiger partial charge in [-0.25, -0.2) is 0 Å². The molecule has 1 aliphatic rings. The molecule has 4 rings (SSSR count). The summed E-state index contributed by atoms with van der Waals surface area (Å²) in [7, 11) is 0. The minimum atomic E-state index is 0.143. The number of rotatable bonds is 6. The van der Waals surface area contributed by atoms with Crippen LogP contribution in [0, 0.1) is 6.92 Å². The molecule has 7 heteroatoms. The van der Waals surface area contributed by atoms with Crippen LogP contribution in [0.4, 0.5) is 0 Å². The van der Waals surface area contributed by atoms with E-state index in [1.54, 1.807) is 12.4 Å². The zero-order valence-electron chi connectivity index (χ0n) is 16.3. The molecule has 1 atom stereocenters. The molecule has 0 N–H and O–H groups in total. The van der Waals surface area contributed by atoms with Gasteiger partial charge in [-0.1, -0.05) is 23.4 Å². The first-order valence-corrected chi connectivity index (χ1v) is 9.61. The highest BCUT2D eigenvalue weighted by molar-refractivity contribution is 5.37. The van der Waals surface area contributed by atoms with Crippen molar-refractivity contribution in [2.75, 3.05) is 26.2 Å². The molecule has 3 aromatic rings. The first-order chi connectivity index (χ1) is 13.7. The molecule has 0 aliphatic carbocycles. The summed E-state index contributed by atoms with van der Waals surface area (Å²) in [6.45, 7) is 8.74. The second-order valence-electron chi connectivity index (χ2n) is 7.07. The van der Waals surface area contributed by atoms with Gasteiger partial charge in [-0.3, -0.25) is 14.8 Å². The van der Waals surface area contributed by atoms with Crippen LogP contribution >= 0.6 is 0 Å². The van der Waals surface area contributed by atoms with Gasteiger partial charge in [0, 0.05) is 44.5 Å². The van der Waals surface area contributed by atoms with E-state index >= 15 is 0 Å². The SMILES string of the molecule is Cc1noc(C(C)N2CCN(Cc3ccccc3Oc3cccnc3)CC2)n1. The fourth-order valence-corrected chi connectivity index (χ4v) is 3.46. The molecule has 0 spiro atoms. The maximum atomic E-state index is 6.04. The van der Waals surface area contributed by atoms with Crippen molar-refractivity contribution in [2.24, 2.45) is 0 Å². The van der Waals surface area contributed by atoms with Crippen LogP contribution in [0.1, 0.15) is 30.2 Å². The van der Waals surface area contributed by atoms with Gasteiger partial charge in [0.25, 0.3) is 0 Å². The molecule has 1 fully saturated rings. The van der Waals surface area contributed by atoms with Gasteiger partial charge in [-0.2, -0.15) is 4.98 Å². The van der Waals surface area contributed by atoms with Crippen molar-refractivity contribution in [3.63, 3.8) is 0 Å². The molecule has 0 bridgehead atoms. The molecular weight excluding hydrogens is 354 g/mol. The number of piperazine rings is 1. The minimum absolute atomic E-state index is 0.143. The molecule has 1 unspecified atom stereocenters. The summed E-state index contributed by atoms with van der Waals surface area (Å²) in [6, 6.07) is 12.1. The summed E-state index contributed by atoms with van der Waals surface area (Å²) >= 11 is 0. The third-order valence-electron chi connectivity index (χ3n) is 5.08. The van der Waals surface area contributed by atoms with Crippen molar-refractivity contribution < 1.29 is 9.26 Å². The lowest BCUT2D eigenvalue weighted by molar-refractivity contribution is 0.0842. The lowest BCUT2D eigenvalue weighted by Gasteiger charge is -2.37. The highest BCUT2D eigenvalue weighted by Gasteiger charge is 2.25. The standard InChI is InChI=1S/C21H25N5O2/c1-16(21-23-17(2)24-28-21)26-12-10-25(11-13-26)15-18-6-3-4-8-20(18)27-19-7-5-9-22-14-19/h3-9,14,16H,10-13,15H2,1-2H3. The Labute approximate surface area is 164 Å². The Morgan fingerprint density at radius 2 is 1.93 bits per heavy atom. The molecule has 7 nitrogen and oxygen atoms in total. The van der Waals surface area contributed by atoms with Gasteiger partial charge < -0.3 is 9.26 Å². The van der Waals surface area contributed by atoms with Crippen LogP contribution in [0.15, 0.2) is 53.3 Å². The second kappa shape index (κ2) is 8.50. The van der Waals surface area contributed by atoms with Gasteiger partial charge in [0.1, 0.15) is 11.5 Å². The molecule has 1 aliphatic heterocycles. The predicted molar refractivity (Wildman–Crippen MR) is 105 cm³/mol. The van der Waals surface area contributed by atoms with E-state index in [1.807, 2.05) is 31.2 Å². The summed E-state index contributed by atoms with van der Waals surface area (Å²) in [5, 5.41) is 3.91.